The summed E-state index contributed by atoms with van der Waals surface area (Å²) in [7, 11) is -3.24. The van der Waals surface area contributed by atoms with E-state index in [0.717, 1.165) is 0 Å². The summed E-state index contributed by atoms with van der Waals surface area (Å²) >= 11 is 0. The highest BCUT2D eigenvalue weighted by atomic mass is 31.2. The second kappa shape index (κ2) is 6.34. The van der Waals surface area contributed by atoms with Crippen molar-refractivity contribution in [1.29, 1.82) is 0 Å². The maximum absolute atomic E-state index is 12.1. The Morgan fingerprint density at radius 1 is 1.43 bits per heavy atom. The number of hydrogen-bond acceptors (Lipinski definition) is 6. The highest BCUT2D eigenvalue weighted by Gasteiger charge is 2.20. The van der Waals surface area contributed by atoms with Gasteiger partial charge in [-0.2, -0.15) is 0 Å². The molecule has 8 nitrogen and oxygen atoms in total. The third-order valence-electron chi connectivity index (χ3n) is 2.67. The maximum atomic E-state index is 12.1. The van der Waals surface area contributed by atoms with Gasteiger partial charge in [0.2, 0.25) is 5.78 Å². The van der Waals surface area contributed by atoms with Crippen molar-refractivity contribution in [3.8, 4) is 0 Å². The molecule has 0 aliphatic rings. The fourth-order valence-corrected chi connectivity index (χ4v) is 3.10. The summed E-state index contributed by atoms with van der Waals surface area (Å²) in [5.41, 5.74) is 6.39. The van der Waals surface area contributed by atoms with Gasteiger partial charge in [0.1, 0.15) is 0 Å². The van der Waals surface area contributed by atoms with E-state index in [1.807, 2.05) is 0 Å². The number of carbonyl (C=O) groups is 1. The van der Waals surface area contributed by atoms with Gasteiger partial charge in [0.25, 0.3) is 7.52 Å². The molecule has 0 saturated heterocycles. The van der Waals surface area contributed by atoms with E-state index in [0.29, 0.717) is 11.5 Å². The smallest absolute Gasteiger partial charge is 0.358 e. The molecule has 2 N–H and O–H groups in total. The molecule has 2 heterocycles. The lowest BCUT2D eigenvalue weighted by molar-refractivity contribution is 0.0520. The third kappa shape index (κ3) is 3.66. The lowest BCUT2D eigenvalue weighted by Crippen LogP contribution is -2.06. The molecule has 0 amide bonds. The summed E-state index contributed by atoms with van der Waals surface area (Å²) in [5, 5.41) is 0. The van der Waals surface area contributed by atoms with Crippen LogP contribution in [0.5, 0.6) is 0 Å². The van der Waals surface area contributed by atoms with Gasteiger partial charge in [0, 0.05) is 18.1 Å². The van der Waals surface area contributed by atoms with Crippen molar-refractivity contribution in [2.24, 2.45) is 5.50 Å². The Bertz CT molecular complexity index is 700. The molecule has 0 bridgehead atoms. The molecule has 0 aliphatic heterocycles. The largest absolute Gasteiger partial charge is 0.461 e. The van der Waals surface area contributed by atoms with Crippen molar-refractivity contribution in [2.75, 3.05) is 13.2 Å². The van der Waals surface area contributed by atoms with Gasteiger partial charge in [0.15, 0.2) is 5.69 Å². The lowest BCUT2D eigenvalue weighted by atomic mass is 10.4. The van der Waals surface area contributed by atoms with Gasteiger partial charge < -0.3 is 9.26 Å². The highest BCUT2D eigenvalue weighted by Crippen LogP contribution is 2.41. The molecule has 1 atom stereocenters. The van der Waals surface area contributed by atoms with E-state index in [1.54, 1.807) is 24.3 Å². The molecular formula is C12H17N4O4P. The second-order valence-electron chi connectivity index (χ2n) is 4.25. The number of nitrogens with zero attached hydrogens (tertiary/aromatic N) is 3. The van der Waals surface area contributed by atoms with Gasteiger partial charge in [-0.05, 0) is 19.9 Å². The normalized spacial score (nSPS) is 14.0. The van der Waals surface area contributed by atoms with Gasteiger partial charge in [-0.25, -0.2) is 14.8 Å². The van der Waals surface area contributed by atoms with Crippen LogP contribution < -0.4 is 5.50 Å². The van der Waals surface area contributed by atoms with E-state index in [2.05, 4.69) is 9.97 Å². The van der Waals surface area contributed by atoms with Crippen molar-refractivity contribution < 1.29 is 18.6 Å². The molecule has 0 fully saturated rings. The average molecular weight is 312 g/mol. The molecule has 21 heavy (non-hydrogen) atoms. The van der Waals surface area contributed by atoms with Crippen molar-refractivity contribution >= 4 is 19.3 Å². The standard InChI is InChI=1S/C12H17N4O4P/c1-3-19-11(17)10-7-16-9(5-6-14-12(16)15-10)8-21(13,18)20-4-2/h5-7H,3-4,8H2,1-2H3,(H2,13,18). The topological polar surface area (TPSA) is 109 Å². The Labute approximate surface area is 121 Å². The van der Waals surface area contributed by atoms with E-state index in [9.17, 15) is 9.36 Å². The molecule has 2 aromatic heterocycles. The summed E-state index contributed by atoms with van der Waals surface area (Å²) < 4.78 is 23.6. The number of nitrogens with two attached hydrogens (primary N) is 1. The third-order valence-corrected chi connectivity index (χ3v) is 4.13. The number of hydrogen-bond donors (Lipinski definition) is 1. The summed E-state index contributed by atoms with van der Waals surface area (Å²) in [6.45, 7) is 3.96. The second-order valence-corrected chi connectivity index (χ2v) is 6.28. The van der Waals surface area contributed by atoms with Crippen LogP contribution in [-0.4, -0.2) is 33.6 Å². The first kappa shape index (κ1) is 15.6. The summed E-state index contributed by atoms with van der Waals surface area (Å²) in [6.07, 6.45) is 3.03. The highest BCUT2D eigenvalue weighted by molar-refractivity contribution is 7.55. The lowest BCUT2D eigenvalue weighted by Gasteiger charge is -2.12. The van der Waals surface area contributed by atoms with Crippen LogP contribution in [0.25, 0.3) is 5.78 Å². The van der Waals surface area contributed by atoms with E-state index in [4.69, 9.17) is 14.8 Å². The van der Waals surface area contributed by atoms with E-state index in [1.165, 1.54) is 12.4 Å². The number of aromatic nitrogens is 3. The fraction of sp³-hybridized carbons (Fsp3) is 0.417. The Kier molecular flexibility index (Phi) is 4.72. The van der Waals surface area contributed by atoms with Crippen LogP contribution in [0.2, 0.25) is 0 Å². The Morgan fingerprint density at radius 2 is 2.19 bits per heavy atom. The number of rotatable bonds is 6. The molecular weight excluding hydrogens is 295 g/mol. The zero-order valence-electron chi connectivity index (χ0n) is 11.9. The molecule has 2 aromatic rings. The van der Waals surface area contributed by atoms with Crippen LogP contribution in [0.15, 0.2) is 18.5 Å². The SMILES string of the molecule is CCOC(=O)c1cn2c(CP(N)(=O)OCC)ccnc2n1. The fourth-order valence-electron chi connectivity index (χ4n) is 1.87. The number of esters is 1. The summed E-state index contributed by atoms with van der Waals surface area (Å²) in [5.74, 6) is -0.221. The number of fused-ring (bicyclic) bond motifs is 1. The van der Waals surface area contributed by atoms with Gasteiger partial charge in [-0.3, -0.25) is 14.5 Å². The van der Waals surface area contributed by atoms with Crippen LogP contribution in [0, 0.1) is 0 Å². The first-order valence-electron chi connectivity index (χ1n) is 6.49. The Hall–Kier alpha value is -1.76. The predicted molar refractivity (Wildman–Crippen MR) is 76.1 cm³/mol. The summed E-state index contributed by atoms with van der Waals surface area (Å²) in [4.78, 5) is 19.8. The summed E-state index contributed by atoms with van der Waals surface area (Å²) in [6, 6.07) is 1.65. The predicted octanol–water partition coefficient (Wildman–Crippen LogP) is 1.59. The number of ether oxygens (including phenoxy) is 1. The molecule has 114 valence electrons. The van der Waals surface area contributed by atoms with E-state index < -0.39 is 13.5 Å². The number of imidazole rings is 1. The minimum Gasteiger partial charge on any atom is -0.461 e. The molecule has 0 saturated carbocycles. The quantitative estimate of drug-likeness (QED) is 0.637. The molecule has 0 radical (unpaired) electrons. The molecule has 2 rings (SSSR count). The van der Waals surface area contributed by atoms with Crippen molar-refractivity contribution in [3.63, 3.8) is 0 Å². The molecule has 0 spiro atoms. The Morgan fingerprint density at radius 3 is 2.86 bits per heavy atom. The van der Waals surface area contributed by atoms with Crippen molar-refractivity contribution in [3.05, 3.63) is 29.8 Å². The van der Waals surface area contributed by atoms with Gasteiger partial charge in [-0.1, -0.05) is 0 Å². The minimum absolute atomic E-state index is 0.0263. The van der Waals surface area contributed by atoms with Gasteiger partial charge >= 0.3 is 5.97 Å². The zero-order chi connectivity index (χ0) is 15.5. The maximum Gasteiger partial charge on any atom is 0.358 e. The van der Waals surface area contributed by atoms with Crippen LogP contribution in [-0.2, 0) is 20.0 Å². The van der Waals surface area contributed by atoms with Gasteiger partial charge in [0.05, 0.1) is 19.4 Å². The molecule has 0 aliphatic carbocycles. The van der Waals surface area contributed by atoms with Crippen LogP contribution in [0.4, 0.5) is 0 Å². The number of carbonyl (C=O) groups excluding carboxylic acids is 1. The first-order valence-corrected chi connectivity index (χ1v) is 8.37. The van der Waals surface area contributed by atoms with Gasteiger partial charge in [-0.15, -0.1) is 0 Å². The molecule has 1 unspecified atom stereocenters. The Balaban J connectivity index is 2.37. The molecule has 0 aromatic carbocycles. The monoisotopic (exact) mass is 312 g/mol. The van der Waals surface area contributed by atoms with Crippen LogP contribution in [0.3, 0.4) is 0 Å². The van der Waals surface area contributed by atoms with Crippen molar-refractivity contribution in [2.45, 2.75) is 20.0 Å². The van der Waals surface area contributed by atoms with Crippen LogP contribution in [0.1, 0.15) is 30.0 Å². The van der Waals surface area contributed by atoms with E-state index in [-0.39, 0.29) is 25.1 Å². The average Bonchev–Trinajstić information content (AvgIpc) is 2.83. The first-order chi connectivity index (χ1) is 9.96. The zero-order valence-corrected chi connectivity index (χ0v) is 12.7. The van der Waals surface area contributed by atoms with E-state index >= 15 is 0 Å². The minimum atomic E-state index is -3.24. The van der Waals surface area contributed by atoms with Crippen molar-refractivity contribution in [1.82, 2.24) is 14.4 Å². The molecule has 9 heteroatoms. The van der Waals surface area contributed by atoms with Crippen LogP contribution >= 0.6 is 7.52 Å².